The standard InChI is InChI=1S/C18H21ClN4O2/c19-15-3-5-16(6-4-15)22-18(24)21-13-17(14-2-1-7-20-12-14)23-8-10-25-11-9-23/h1-7,12,17H,8-11,13H2,(H2,21,22,24). The highest BCUT2D eigenvalue weighted by atomic mass is 35.5. The highest BCUT2D eigenvalue weighted by molar-refractivity contribution is 6.30. The zero-order valence-corrected chi connectivity index (χ0v) is 14.6. The number of morpholine rings is 1. The summed E-state index contributed by atoms with van der Waals surface area (Å²) in [5.41, 5.74) is 1.78. The van der Waals surface area contributed by atoms with E-state index in [9.17, 15) is 4.79 Å². The van der Waals surface area contributed by atoms with E-state index in [0.717, 1.165) is 18.7 Å². The first-order valence-electron chi connectivity index (χ1n) is 8.24. The van der Waals surface area contributed by atoms with Crippen molar-refractivity contribution in [3.63, 3.8) is 0 Å². The largest absolute Gasteiger partial charge is 0.379 e. The van der Waals surface area contributed by atoms with E-state index in [4.69, 9.17) is 16.3 Å². The van der Waals surface area contributed by atoms with E-state index in [1.807, 2.05) is 18.3 Å². The molecule has 25 heavy (non-hydrogen) atoms. The van der Waals surface area contributed by atoms with E-state index in [0.29, 0.717) is 30.5 Å². The third-order valence-electron chi connectivity index (χ3n) is 4.11. The van der Waals surface area contributed by atoms with Gasteiger partial charge in [-0.2, -0.15) is 0 Å². The summed E-state index contributed by atoms with van der Waals surface area (Å²) >= 11 is 5.85. The summed E-state index contributed by atoms with van der Waals surface area (Å²) in [6, 6.07) is 10.8. The monoisotopic (exact) mass is 360 g/mol. The van der Waals surface area contributed by atoms with Gasteiger partial charge in [-0.1, -0.05) is 17.7 Å². The van der Waals surface area contributed by atoms with Gasteiger partial charge in [-0.05, 0) is 35.9 Å². The lowest BCUT2D eigenvalue weighted by atomic mass is 10.1. The number of carbonyl (C=O) groups excluding carboxylic acids is 1. The first-order valence-corrected chi connectivity index (χ1v) is 8.62. The molecule has 0 bridgehead atoms. The predicted octanol–water partition coefficient (Wildman–Crippen LogP) is 2.93. The minimum absolute atomic E-state index is 0.0635. The van der Waals surface area contributed by atoms with Crippen molar-refractivity contribution in [1.29, 1.82) is 0 Å². The Kier molecular flexibility index (Phi) is 6.22. The molecule has 1 aromatic heterocycles. The van der Waals surface area contributed by atoms with Crippen LogP contribution in [-0.4, -0.2) is 48.8 Å². The predicted molar refractivity (Wildman–Crippen MR) is 97.8 cm³/mol. The van der Waals surface area contributed by atoms with Crippen molar-refractivity contribution < 1.29 is 9.53 Å². The van der Waals surface area contributed by atoms with E-state index in [1.165, 1.54) is 0 Å². The van der Waals surface area contributed by atoms with Crippen molar-refractivity contribution in [2.24, 2.45) is 0 Å². The minimum atomic E-state index is -0.246. The molecule has 1 unspecified atom stereocenters. The summed E-state index contributed by atoms with van der Waals surface area (Å²) in [7, 11) is 0. The number of hydrogen-bond acceptors (Lipinski definition) is 4. The Morgan fingerprint density at radius 1 is 1.24 bits per heavy atom. The molecule has 0 aliphatic carbocycles. The normalized spacial score (nSPS) is 16.2. The van der Waals surface area contributed by atoms with Crippen LogP contribution in [0.15, 0.2) is 48.8 Å². The number of carbonyl (C=O) groups is 1. The van der Waals surface area contributed by atoms with Crippen LogP contribution >= 0.6 is 11.6 Å². The first kappa shape index (κ1) is 17.7. The molecule has 0 spiro atoms. The Morgan fingerprint density at radius 3 is 2.68 bits per heavy atom. The van der Waals surface area contributed by atoms with Crippen LogP contribution in [-0.2, 0) is 4.74 Å². The average molecular weight is 361 g/mol. The number of nitrogens with one attached hydrogen (secondary N) is 2. The van der Waals surface area contributed by atoms with Gasteiger partial charge in [0.25, 0.3) is 0 Å². The second-order valence-electron chi connectivity index (χ2n) is 5.79. The van der Waals surface area contributed by atoms with Crippen LogP contribution in [0.2, 0.25) is 5.02 Å². The smallest absolute Gasteiger partial charge is 0.319 e. The van der Waals surface area contributed by atoms with Gasteiger partial charge in [0.1, 0.15) is 0 Å². The molecule has 3 rings (SSSR count). The van der Waals surface area contributed by atoms with Crippen LogP contribution in [0.25, 0.3) is 0 Å². The van der Waals surface area contributed by atoms with Gasteiger partial charge in [0, 0.05) is 42.7 Å². The van der Waals surface area contributed by atoms with Gasteiger partial charge in [0.15, 0.2) is 0 Å². The Bertz CT molecular complexity index is 675. The van der Waals surface area contributed by atoms with Crippen LogP contribution in [0.5, 0.6) is 0 Å². The second kappa shape index (κ2) is 8.80. The van der Waals surface area contributed by atoms with Crippen molar-refractivity contribution in [2.45, 2.75) is 6.04 Å². The highest BCUT2D eigenvalue weighted by Gasteiger charge is 2.23. The molecule has 2 aromatic rings. The fourth-order valence-electron chi connectivity index (χ4n) is 2.82. The molecule has 1 aromatic carbocycles. The Balaban J connectivity index is 1.61. The van der Waals surface area contributed by atoms with Gasteiger partial charge in [0.2, 0.25) is 0 Å². The average Bonchev–Trinajstić information content (AvgIpc) is 2.66. The van der Waals surface area contributed by atoms with E-state index >= 15 is 0 Å². The molecule has 1 atom stereocenters. The maximum atomic E-state index is 12.2. The fraction of sp³-hybridized carbons (Fsp3) is 0.333. The molecule has 6 nitrogen and oxygen atoms in total. The molecule has 7 heteroatoms. The molecular weight excluding hydrogens is 340 g/mol. The zero-order valence-electron chi connectivity index (χ0n) is 13.8. The molecule has 0 radical (unpaired) electrons. The van der Waals surface area contributed by atoms with Gasteiger partial charge in [0.05, 0.1) is 19.3 Å². The van der Waals surface area contributed by atoms with Gasteiger partial charge in [-0.3, -0.25) is 9.88 Å². The van der Waals surface area contributed by atoms with Gasteiger partial charge >= 0.3 is 6.03 Å². The molecule has 1 aliphatic rings. The van der Waals surface area contributed by atoms with E-state index in [-0.39, 0.29) is 12.1 Å². The van der Waals surface area contributed by atoms with Crippen LogP contribution in [0.4, 0.5) is 10.5 Å². The van der Waals surface area contributed by atoms with Crippen LogP contribution < -0.4 is 10.6 Å². The number of rotatable bonds is 5. The van der Waals surface area contributed by atoms with E-state index in [1.54, 1.807) is 30.5 Å². The number of amides is 2. The highest BCUT2D eigenvalue weighted by Crippen LogP contribution is 2.20. The molecule has 2 N–H and O–H groups in total. The van der Waals surface area contributed by atoms with E-state index in [2.05, 4.69) is 20.5 Å². The summed E-state index contributed by atoms with van der Waals surface area (Å²) in [4.78, 5) is 18.7. The number of hydrogen-bond donors (Lipinski definition) is 2. The van der Waals surface area contributed by atoms with Crippen molar-refractivity contribution in [2.75, 3.05) is 38.2 Å². The summed E-state index contributed by atoms with van der Waals surface area (Å²) < 4.78 is 5.43. The van der Waals surface area contributed by atoms with Crippen LogP contribution in [0.1, 0.15) is 11.6 Å². The lowest BCUT2D eigenvalue weighted by Crippen LogP contribution is -2.44. The zero-order chi connectivity index (χ0) is 17.5. The van der Waals surface area contributed by atoms with Crippen LogP contribution in [0.3, 0.4) is 0 Å². The molecule has 1 fully saturated rings. The quantitative estimate of drug-likeness (QED) is 0.860. The number of halogens is 1. The molecular formula is C18H21ClN4O2. The fourth-order valence-corrected chi connectivity index (χ4v) is 2.94. The lowest BCUT2D eigenvalue weighted by molar-refractivity contribution is 0.0167. The number of ether oxygens (including phenoxy) is 1. The van der Waals surface area contributed by atoms with E-state index < -0.39 is 0 Å². The van der Waals surface area contributed by atoms with Crippen molar-refractivity contribution in [3.05, 3.63) is 59.4 Å². The Labute approximate surface area is 152 Å². The Morgan fingerprint density at radius 2 is 2.00 bits per heavy atom. The lowest BCUT2D eigenvalue weighted by Gasteiger charge is -2.34. The topological polar surface area (TPSA) is 66.5 Å². The molecule has 1 saturated heterocycles. The van der Waals surface area contributed by atoms with Crippen molar-refractivity contribution in [1.82, 2.24) is 15.2 Å². The molecule has 0 saturated carbocycles. The molecule has 2 amide bonds. The number of pyridine rings is 1. The minimum Gasteiger partial charge on any atom is -0.379 e. The first-order chi connectivity index (χ1) is 12.2. The van der Waals surface area contributed by atoms with Crippen molar-refractivity contribution in [3.8, 4) is 0 Å². The summed E-state index contributed by atoms with van der Waals surface area (Å²) in [5, 5.41) is 6.39. The second-order valence-corrected chi connectivity index (χ2v) is 6.23. The number of anilines is 1. The van der Waals surface area contributed by atoms with Gasteiger partial charge in [-0.25, -0.2) is 4.79 Å². The van der Waals surface area contributed by atoms with Gasteiger partial charge < -0.3 is 15.4 Å². The summed E-state index contributed by atoms with van der Waals surface area (Å²) in [6.07, 6.45) is 3.60. The number of nitrogens with zero attached hydrogens (tertiary/aromatic N) is 2. The third kappa shape index (κ3) is 5.16. The maximum absolute atomic E-state index is 12.2. The number of aromatic nitrogens is 1. The third-order valence-corrected chi connectivity index (χ3v) is 4.37. The van der Waals surface area contributed by atoms with Gasteiger partial charge in [-0.15, -0.1) is 0 Å². The SMILES string of the molecule is O=C(NCC(c1cccnc1)N1CCOCC1)Nc1ccc(Cl)cc1. The number of urea groups is 1. The summed E-state index contributed by atoms with van der Waals surface area (Å²) in [6.45, 7) is 3.56. The van der Waals surface area contributed by atoms with Crippen molar-refractivity contribution >= 4 is 23.3 Å². The molecule has 132 valence electrons. The Hall–Kier alpha value is -2.15. The molecule has 2 heterocycles. The maximum Gasteiger partial charge on any atom is 0.319 e. The molecule has 1 aliphatic heterocycles. The summed E-state index contributed by atoms with van der Waals surface area (Å²) in [5.74, 6) is 0. The number of benzene rings is 1. The van der Waals surface area contributed by atoms with Crippen LogP contribution in [0, 0.1) is 0 Å².